The summed E-state index contributed by atoms with van der Waals surface area (Å²) >= 11 is 9.41. The maximum atomic E-state index is 11.5. The van der Waals surface area contributed by atoms with Gasteiger partial charge in [-0.05, 0) is 52.3 Å². The predicted octanol–water partition coefficient (Wildman–Crippen LogP) is 4.36. The van der Waals surface area contributed by atoms with E-state index >= 15 is 0 Å². The Morgan fingerprint density at radius 2 is 1.65 bits per heavy atom. The number of hydrogen-bond acceptors (Lipinski definition) is 3. The lowest BCUT2D eigenvalue weighted by atomic mass is 10.2. The fraction of sp³-hybridized carbons (Fsp3) is 0.0625. The van der Waals surface area contributed by atoms with Crippen LogP contribution in [0.4, 0.5) is 0 Å². The molecule has 0 saturated heterocycles. The zero-order chi connectivity index (χ0) is 16.6. The molecule has 0 atom stereocenters. The van der Waals surface area contributed by atoms with Crippen molar-refractivity contribution in [2.24, 2.45) is 0 Å². The second kappa shape index (κ2) is 6.11. The van der Waals surface area contributed by atoms with E-state index in [9.17, 15) is 8.42 Å². The quantitative estimate of drug-likeness (QED) is 0.643. The fourth-order valence-electron chi connectivity index (χ4n) is 2.13. The summed E-state index contributed by atoms with van der Waals surface area (Å²) in [6.07, 6.45) is 3.02. The van der Waals surface area contributed by atoms with E-state index in [4.69, 9.17) is 11.6 Å². The van der Waals surface area contributed by atoms with Crippen LogP contribution in [-0.4, -0.2) is 24.5 Å². The van der Waals surface area contributed by atoms with Crippen molar-refractivity contribution in [3.05, 3.63) is 64.2 Å². The third-order valence-corrected chi connectivity index (χ3v) is 5.28. The summed E-state index contributed by atoms with van der Waals surface area (Å²) in [7, 11) is -3.20. The van der Waals surface area contributed by atoms with Crippen molar-refractivity contribution in [1.29, 1.82) is 0 Å². The Morgan fingerprint density at radius 1 is 1.04 bits per heavy atom. The lowest BCUT2D eigenvalue weighted by Gasteiger charge is -2.03. The molecule has 1 aromatic heterocycles. The third-order valence-electron chi connectivity index (χ3n) is 3.32. The zero-order valence-corrected chi connectivity index (χ0v) is 15.2. The molecule has 0 bridgehead atoms. The lowest BCUT2D eigenvalue weighted by molar-refractivity contribution is 0.602. The average molecular weight is 412 g/mol. The number of nitrogens with zero attached hydrogens (tertiary/aromatic N) is 2. The minimum Gasteiger partial charge on any atom is -0.239 e. The van der Waals surface area contributed by atoms with Crippen molar-refractivity contribution in [2.75, 3.05) is 6.26 Å². The molecule has 0 aliphatic carbocycles. The highest BCUT2D eigenvalue weighted by molar-refractivity contribution is 9.10. The first-order valence-electron chi connectivity index (χ1n) is 6.66. The van der Waals surface area contributed by atoms with E-state index in [0.717, 1.165) is 21.4 Å². The van der Waals surface area contributed by atoms with Gasteiger partial charge in [0.25, 0.3) is 0 Å². The van der Waals surface area contributed by atoms with Crippen LogP contribution >= 0.6 is 27.5 Å². The molecule has 4 nitrogen and oxygen atoms in total. The summed E-state index contributed by atoms with van der Waals surface area (Å²) in [5.74, 6) is 0. The molecule has 7 heteroatoms. The van der Waals surface area contributed by atoms with Crippen molar-refractivity contribution in [3.63, 3.8) is 0 Å². The lowest BCUT2D eigenvalue weighted by Crippen LogP contribution is -1.99. The fourth-order valence-corrected chi connectivity index (χ4v) is 3.39. The molecular formula is C16H12BrClN2O2S. The maximum Gasteiger partial charge on any atom is 0.175 e. The van der Waals surface area contributed by atoms with Gasteiger partial charge in [0.2, 0.25) is 0 Å². The Balaban J connectivity index is 1.99. The molecule has 0 aliphatic heterocycles. The number of benzene rings is 2. The Bertz CT molecular complexity index is 949. The topological polar surface area (TPSA) is 52.0 Å². The molecule has 0 fully saturated rings. The first-order valence-corrected chi connectivity index (χ1v) is 9.72. The Labute approximate surface area is 147 Å². The zero-order valence-electron chi connectivity index (χ0n) is 12.1. The van der Waals surface area contributed by atoms with Crippen LogP contribution in [0.3, 0.4) is 0 Å². The summed E-state index contributed by atoms with van der Waals surface area (Å²) < 4.78 is 25.6. The van der Waals surface area contributed by atoms with Crippen LogP contribution in [0, 0.1) is 0 Å². The van der Waals surface area contributed by atoms with E-state index in [2.05, 4.69) is 21.0 Å². The van der Waals surface area contributed by atoms with E-state index in [0.29, 0.717) is 5.02 Å². The van der Waals surface area contributed by atoms with E-state index in [1.807, 2.05) is 30.5 Å². The molecule has 2 aromatic carbocycles. The van der Waals surface area contributed by atoms with Gasteiger partial charge in [0, 0.05) is 23.0 Å². The van der Waals surface area contributed by atoms with Crippen LogP contribution in [0.25, 0.3) is 16.9 Å². The maximum absolute atomic E-state index is 11.5. The highest BCUT2D eigenvalue weighted by atomic mass is 79.9. The van der Waals surface area contributed by atoms with Gasteiger partial charge < -0.3 is 0 Å². The van der Waals surface area contributed by atoms with Gasteiger partial charge in [0.15, 0.2) is 9.84 Å². The molecule has 3 rings (SSSR count). The summed E-state index contributed by atoms with van der Waals surface area (Å²) in [6, 6.07) is 14.0. The smallest absolute Gasteiger partial charge is 0.175 e. The first-order chi connectivity index (χ1) is 10.8. The van der Waals surface area contributed by atoms with Gasteiger partial charge in [-0.25, -0.2) is 13.1 Å². The van der Waals surface area contributed by atoms with Crippen molar-refractivity contribution < 1.29 is 8.42 Å². The summed E-state index contributed by atoms with van der Waals surface area (Å²) in [5.41, 5.74) is 2.50. The van der Waals surface area contributed by atoms with Gasteiger partial charge >= 0.3 is 0 Å². The van der Waals surface area contributed by atoms with Crippen molar-refractivity contribution in [1.82, 2.24) is 9.78 Å². The molecule has 0 radical (unpaired) electrons. The Hall–Kier alpha value is -1.63. The standard InChI is InChI=1S/C16H12BrClN2O2S/c1-23(21,22)14-8-6-13(7-9-14)20-10-15(17)16(19-20)11-2-4-12(18)5-3-11/h2-10H,1H3. The highest BCUT2D eigenvalue weighted by Gasteiger charge is 2.11. The van der Waals surface area contributed by atoms with Gasteiger partial charge in [-0.15, -0.1) is 0 Å². The van der Waals surface area contributed by atoms with Crippen LogP contribution in [-0.2, 0) is 9.84 Å². The summed E-state index contributed by atoms with van der Waals surface area (Å²) in [5, 5.41) is 5.22. The molecule has 1 heterocycles. The number of hydrogen-bond donors (Lipinski definition) is 0. The molecule has 23 heavy (non-hydrogen) atoms. The number of halogens is 2. The number of sulfone groups is 1. The Morgan fingerprint density at radius 3 is 2.22 bits per heavy atom. The van der Waals surface area contributed by atoms with Crippen LogP contribution in [0.2, 0.25) is 5.02 Å². The number of rotatable bonds is 3. The molecule has 0 N–H and O–H groups in total. The second-order valence-corrected chi connectivity index (χ2v) is 8.35. The Kier molecular flexibility index (Phi) is 4.31. The molecule has 0 saturated carbocycles. The normalized spacial score (nSPS) is 11.6. The summed E-state index contributed by atoms with van der Waals surface area (Å²) in [6.45, 7) is 0. The molecular weight excluding hydrogens is 400 g/mol. The molecule has 0 amide bonds. The monoisotopic (exact) mass is 410 g/mol. The van der Waals surface area contributed by atoms with Gasteiger partial charge in [0.1, 0.15) is 5.69 Å². The van der Waals surface area contributed by atoms with E-state index < -0.39 is 9.84 Å². The van der Waals surface area contributed by atoms with Gasteiger partial charge in [-0.1, -0.05) is 23.7 Å². The highest BCUT2D eigenvalue weighted by Crippen LogP contribution is 2.29. The molecule has 3 aromatic rings. The average Bonchev–Trinajstić information content (AvgIpc) is 2.89. The van der Waals surface area contributed by atoms with Gasteiger partial charge in [0.05, 0.1) is 15.1 Å². The van der Waals surface area contributed by atoms with Crippen LogP contribution in [0.15, 0.2) is 64.1 Å². The summed E-state index contributed by atoms with van der Waals surface area (Å²) in [4.78, 5) is 0.283. The van der Waals surface area contributed by atoms with E-state index in [1.165, 1.54) is 6.26 Å². The molecule has 118 valence electrons. The SMILES string of the molecule is CS(=O)(=O)c1ccc(-n2cc(Br)c(-c3ccc(Cl)cc3)n2)cc1. The molecule has 0 spiro atoms. The molecule has 0 aliphatic rings. The van der Waals surface area contributed by atoms with Gasteiger partial charge in [-0.3, -0.25) is 0 Å². The van der Waals surface area contributed by atoms with Crippen molar-refractivity contribution >= 4 is 37.4 Å². The van der Waals surface area contributed by atoms with E-state index in [-0.39, 0.29) is 4.90 Å². The van der Waals surface area contributed by atoms with Crippen LogP contribution in [0.1, 0.15) is 0 Å². The molecule has 0 unspecified atom stereocenters. The third kappa shape index (κ3) is 3.49. The largest absolute Gasteiger partial charge is 0.239 e. The first kappa shape index (κ1) is 16.2. The minimum atomic E-state index is -3.20. The predicted molar refractivity (Wildman–Crippen MR) is 94.8 cm³/mol. The number of aromatic nitrogens is 2. The van der Waals surface area contributed by atoms with Crippen LogP contribution in [0.5, 0.6) is 0 Å². The second-order valence-electron chi connectivity index (χ2n) is 5.04. The minimum absolute atomic E-state index is 0.283. The van der Waals surface area contributed by atoms with Gasteiger partial charge in [-0.2, -0.15) is 5.10 Å². The van der Waals surface area contributed by atoms with Crippen molar-refractivity contribution in [2.45, 2.75) is 4.90 Å². The van der Waals surface area contributed by atoms with Crippen LogP contribution < -0.4 is 0 Å². The van der Waals surface area contributed by atoms with Crippen molar-refractivity contribution in [3.8, 4) is 16.9 Å². The van der Waals surface area contributed by atoms with E-state index in [1.54, 1.807) is 28.9 Å².